The van der Waals surface area contributed by atoms with Crippen LogP contribution in [0.1, 0.15) is 19.8 Å². The fourth-order valence-corrected chi connectivity index (χ4v) is 2.21. The molecule has 0 aromatic rings. The van der Waals surface area contributed by atoms with Crippen molar-refractivity contribution in [1.29, 1.82) is 0 Å². The Labute approximate surface area is 93.5 Å². The van der Waals surface area contributed by atoms with Crippen LogP contribution in [0.25, 0.3) is 0 Å². The lowest BCUT2D eigenvalue weighted by Gasteiger charge is -2.34. The topological polar surface area (TPSA) is 95.9 Å². The molecule has 16 heavy (non-hydrogen) atoms. The molecule has 1 amide bonds. The van der Waals surface area contributed by atoms with E-state index < -0.39 is 29.8 Å². The molecule has 92 valence electrons. The molecule has 0 heterocycles. The third kappa shape index (κ3) is 2.70. The van der Waals surface area contributed by atoms with Gasteiger partial charge in [-0.2, -0.15) is 0 Å². The van der Waals surface area contributed by atoms with E-state index in [4.69, 9.17) is 5.11 Å². The number of nitrogens with one attached hydrogen (secondary N) is 1. The van der Waals surface area contributed by atoms with E-state index >= 15 is 0 Å². The SMILES string of the molecule is CONC(=O)C1CC(C)CC(C(=O)O)C1O. The lowest BCUT2D eigenvalue weighted by molar-refractivity contribution is -0.156. The van der Waals surface area contributed by atoms with Crippen molar-refractivity contribution < 1.29 is 24.6 Å². The van der Waals surface area contributed by atoms with Crippen LogP contribution in [-0.4, -0.2) is 35.3 Å². The van der Waals surface area contributed by atoms with Crippen LogP contribution in [0.2, 0.25) is 0 Å². The highest BCUT2D eigenvalue weighted by Crippen LogP contribution is 2.33. The molecular weight excluding hydrogens is 214 g/mol. The van der Waals surface area contributed by atoms with E-state index in [1.165, 1.54) is 7.11 Å². The number of carbonyl (C=O) groups is 2. The molecule has 0 aromatic heterocycles. The second kappa shape index (κ2) is 5.27. The molecule has 6 heteroatoms. The van der Waals surface area contributed by atoms with Crippen molar-refractivity contribution in [1.82, 2.24) is 5.48 Å². The average Bonchev–Trinajstić information content (AvgIpc) is 2.20. The van der Waals surface area contributed by atoms with E-state index in [1.54, 1.807) is 0 Å². The van der Waals surface area contributed by atoms with Gasteiger partial charge in [-0.25, -0.2) is 5.48 Å². The Morgan fingerprint density at radius 1 is 1.31 bits per heavy atom. The van der Waals surface area contributed by atoms with Gasteiger partial charge >= 0.3 is 5.97 Å². The zero-order valence-electron chi connectivity index (χ0n) is 9.34. The molecule has 1 rings (SSSR count). The van der Waals surface area contributed by atoms with Gasteiger partial charge in [0.2, 0.25) is 5.91 Å². The zero-order valence-corrected chi connectivity index (χ0v) is 9.34. The van der Waals surface area contributed by atoms with E-state index in [-0.39, 0.29) is 5.92 Å². The average molecular weight is 231 g/mol. The second-order valence-corrected chi connectivity index (χ2v) is 4.29. The molecule has 0 bridgehead atoms. The Kier molecular flexibility index (Phi) is 4.26. The number of aliphatic hydroxyl groups is 1. The first-order valence-corrected chi connectivity index (χ1v) is 5.21. The maximum absolute atomic E-state index is 11.5. The fourth-order valence-electron chi connectivity index (χ4n) is 2.21. The number of hydroxylamine groups is 1. The highest BCUT2D eigenvalue weighted by atomic mass is 16.6. The number of hydrogen-bond acceptors (Lipinski definition) is 4. The van der Waals surface area contributed by atoms with Gasteiger partial charge in [-0.05, 0) is 18.8 Å². The predicted octanol–water partition coefficient (Wildman–Crippen LogP) is -0.228. The number of carboxylic acids is 1. The largest absolute Gasteiger partial charge is 0.481 e. The van der Waals surface area contributed by atoms with Gasteiger partial charge < -0.3 is 10.2 Å². The van der Waals surface area contributed by atoms with E-state index in [2.05, 4.69) is 10.3 Å². The monoisotopic (exact) mass is 231 g/mol. The Morgan fingerprint density at radius 2 is 1.88 bits per heavy atom. The molecule has 4 unspecified atom stereocenters. The molecule has 1 aliphatic rings. The van der Waals surface area contributed by atoms with Crippen LogP contribution in [0.15, 0.2) is 0 Å². The minimum absolute atomic E-state index is 0.0945. The summed E-state index contributed by atoms with van der Waals surface area (Å²) in [6.07, 6.45) is -0.281. The number of aliphatic hydroxyl groups excluding tert-OH is 1. The Hall–Kier alpha value is -1.14. The van der Waals surface area contributed by atoms with Crippen molar-refractivity contribution in [3.05, 3.63) is 0 Å². The van der Waals surface area contributed by atoms with Crippen molar-refractivity contribution in [2.24, 2.45) is 17.8 Å². The summed E-state index contributed by atoms with van der Waals surface area (Å²) in [5, 5.41) is 18.7. The molecule has 0 saturated heterocycles. The van der Waals surface area contributed by atoms with Gasteiger partial charge in [0.05, 0.1) is 25.0 Å². The quantitative estimate of drug-likeness (QED) is 0.583. The summed E-state index contributed by atoms with van der Waals surface area (Å²) in [7, 11) is 1.30. The van der Waals surface area contributed by atoms with Gasteiger partial charge in [-0.15, -0.1) is 0 Å². The van der Waals surface area contributed by atoms with Crippen LogP contribution >= 0.6 is 0 Å². The van der Waals surface area contributed by atoms with Gasteiger partial charge in [-0.3, -0.25) is 14.4 Å². The van der Waals surface area contributed by atoms with Crippen LogP contribution < -0.4 is 5.48 Å². The first kappa shape index (κ1) is 12.9. The molecule has 0 radical (unpaired) electrons. The second-order valence-electron chi connectivity index (χ2n) is 4.29. The first-order valence-electron chi connectivity index (χ1n) is 5.21. The summed E-state index contributed by atoms with van der Waals surface area (Å²) in [5.41, 5.74) is 2.13. The fraction of sp³-hybridized carbons (Fsp3) is 0.800. The van der Waals surface area contributed by atoms with Gasteiger partial charge in [0.1, 0.15) is 0 Å². The Balaban J connectivity index is 2.76. The van der Waals surface area contributed by atoms with E-state index in [0.29, 0.717) is 12.8 Å². The molecule has 3 N–H and O–H groups in total. The van der Waals surface area contributed by atoms with Crippen molar-refractivity contribution >= 4 is 11.9 Å². The third-order valence-electron chi connectivity index (χ3n) is 2.99. The molecule has 0 aromatic carbocycles. The van der Waals surface area contributed by atoms with Gasteiger partial charge in [0.25, 0.3) is 0 Å². The molecule has 0 aliphatic heterocycles. The van der Waals surface area contributed by atoms with Gasteiger partial charge in [0, 0.05) is 0 Å². The summed E-state index contributed by atoms with van der Waals surface area (Å²) >= 11 is 0. The number of carboxylic acid groups (broad SMARTS) is 1. The highest BCUT2D eigenvalue weighted by Gasteiger charge is 2.42. The lowest BCUT2D eigenvalue weighted by Crippen LogP contribution is -2.47. The van der Waals surface area contributed by atoms with Crippen molar-refractivity contribution in [3.63, 3.8) is 0 Å². The number of rotatable bonds is 3. The molecule has 1 aliphatic carbocycles. The van der Waals surface area contributed by atoms with E-state index in [0.717, 1.165) is 0 Å². The minimum atomic E-state index is -1.15. The van der Waals surface area contributed by atoms with E-state index in [9.17, 15) is 14.7 Å². The van der Waals surface area contributed by atoms with Crippen LogP contribution in [0, 0.1) is 17.8 Å². The third-order valence-corrected chi connectivity index (χ3v) is 2.99. The van der Waals surface area contributed by atoms with E-state index in [1.807, 2.05) is 6.92 Å². The Bertz CT molecular complexity index is 280. The molecule has 4 atom stereocenters. The summed E-state index contributed by atoms with van der Waals surface area (Å²) in [6, 6.07) is 0. The summed E-state index contributed by atoms with van der Waals surface area (Å²) in [4.78, 5) is 26.9. The molecule has 1 saturated carbocycles. The maximum atomic E-state index is 11.5. The lowest BCUT2D eigenvalue weighted by atomic mass is 9.73. The summed E-state index contributed by atoms with van der Waals surface area (Å²) in [6.45, 7) is 1.87. The number of carbonyl (C=O) groups excluding carboxylic acids is 1. The summed E-state index contributed by atoms with van der Waals surface area (Å²) < 4.78 is 0. The van der Waals surface area contributed by atoms with Crippen molar-refractivity contribution in [3.8, 4) is 0 Å². The zero-order chi connectivity index (χ0) is 12.3. The predicted molar refractivity (Wildman–Crippen MR) is 54.2 cm³/mol. The normalized spacial score (nSPS) is 34.4. The number of hydrogen-bond donors (Lipinski definition) is 3. The highest BCUT2D eigenvalue weighted by molar-refractivity contribution is 5.80. The van der Waals surface area contributed by atoms with Crippen molar-refractivity contribution in [2.45, 2.75) is 25.9 Å². The van der Waals surface area contributed by atoms with Crippen molar-refractivity contribution in [2.75, 3.05) is 7.11 Å². The smallest absolute Gasteiger partial charge is 0.309 e. The first-order chi connectivity index (χ1) is 7.47. The van der Waals surface area contributed by atoms with Gasteiger partial charge in [-0.1, -0.05) is 6.92 Å². The summed E-state index contributed by atoms with van der Waals surface area (Å²) in [5.74, 6) is -3.03. The molecule has 6 nitrogen and oxygen atoms in total. The molecular formula is C10H17NO5. The van der Waals surface area contributed by atoms with Crippen LogP contribution in [-0.2, 0) is 14.4 Å². The van der Waals surface area contributed by atoms with Gasteiger partial charge in [0.15, 0.2) is 0 Å². The van der Waals surface area contributed by atoms with Crippen LogP contribution in [0.4, 0.5) is 0 Å². The van der Waals surface area contributed by atoms with Crippen LogP contribution in [0.3, 0.4) is 0 Å². The number of amides is 1. The van der Waals surface area contributed by atoms with Crippen LogP contribution in [0.5, 0.6) is 0 Å². The molecule has 0 spiro atoms. The maximum Gasteiger partial charge on any atom is 0.309 e. The Morgan fingerprint density at radius 3 is 2.38 bits per heavy atom. The standard InChI is InChI=1S/C10H17NO5/c1-5-3-6(9(13)11-16-2)8(12)7(4-5)10(14)15/h5-8,12H,3-4H2,1-2H3,(H,11,13)(H,14,15). The number of aliphatic carboxylic acids is 1. The molecule has 1 fully saturated rings. The minimum Gasteiger partial charge on any atom is -0.481 e.